The van der Waals surface area contributed by atoms with E-state index in [1.54, 1.807) is 13.0 Å². The van der Waals surface area contributed by atoms with Gasteiger partial charge in [0.2, 0.25) is 5.91 Å². The number of phenolic OH excluding ortho intramolecular Hbond substituents is 1. The van der Waals surface area contributed by atoms with Gasteiger partial charge >= 0.3 is 6.18 Å². The van der Waals surface area contributed by atoms with E-state index < -0.39 is 17.5 Å². The number of hydrogen-bond donors (Lipinski definition) is 4. The molecule has 0 aliphatic carbocycles. The minimum Gasteiger partial charge on any atom is -0.507 e. The van der Waals surface area contributed by atoms with Gasteiger partial charge < -0.3 is 21.1 Å². The third kappa shape index (κ3) is 6.61. The fraction of sp³-hybridized carbons (Fsp3) is 0.542. The Hall–Kier alpha value is -2.92. The molecule has 2 aromatic rings. The fourth-order valence-electron chi connectivity index (χ4n) is 4.70. The van der Waals surface area contributed by atoms with Crippen molar-refractivity contribution >= 4 is 11.7 Å². The molecular formula is C24H31F3N6O2. The highest BCUT2D eigenvalue weighted by Gasteiger charge is 2.31. The molecule has 0 unspecified atom stereocenters. The smallest absolute Gasteiger partial charge is 0.416 e. The third-order valence-electron chi connectivity index (χ3n) is 6.49. The number of halogens is 3. The first-order valence-electron chi connectivity index (χ1n) is 11.9. The summed E-state index contributed by atoms with van der Waals surface area (Å²) >= 11 is 0. The number of nitrogens with one attached hydrogen (secondary N) is 3. The number of rotatable bonds is 6. The number of piperidine rings is 2. The molecule has 8 nitrogen and oxygen atoms in total. The summed E-state index contributed by atoms with van der Waals surface area (Å²) in [7, 11) is 0. The Labute approximate surface area is 202 Å². The van der Waals surface area contributed by atoms with Crippen LogP contribution in [0.3, 0.4) is 0 Å². The minimum atomic E-state index is -4.54. The van der Waals surface area contributed by atoms with Gasteiger partial charge in [0.15, 0.2) is 0 Å². The lowest BCUT2D eigenvalue weighted by atomic mass is 10.0. The van der Waals surface area contributed by atoms with Crippen molar-refractivity contribution < 1.29 is 23.1 Å². The van der Waals surface area contributed by atoms with Crippen LogP contribution >= 0.6 is 0 Å². The number of likely N-dealkylation sites (tertiary alicyclic amines) is 1. The summed E-state index contributed by atoms with van der Waals surface area (Å²) in [5.41, 5.74) is 0.264. The molecule has 11 heteroatoms. The highest BCUT2D eigenvalue weighted by Crippen LogP contribution is 2.36. The van der Waals surface area contributed by atoms with Gasteiger partial charge in [0.25, 0.3) is 0 Å². The predicted molar refractivity (Wildman–Crippen MR) is 126 cm³/mol. The van der Waals surface area contributed by atoms with E-state index in [0.717, 1.165) is 51.4 Å². The van der Waals surface area contributed by atoms with E-state index >= 15 is 0 Å². The zero-order valence-corrected chi connectivity index (χ0v) is 19.7. The van der Waals surface area contributed by atoms with Gasteiger partial charge in [-0.15, -0.1) is 10.2 Å². The van der Waals surface area contributed by atoms with Gasteiger partial charge in [-0.2, -0.15) is 13.2 Å². The molecule has 0 spiro atoms. The van der Waals surface area contributed by atoms with Crippen LogP contribution in [0.5, 0.6) is 5.75 Å². The van der Waals surface area contributed by atoms with E-state index in [4.69, 9.17) is 0 Å². The Morgan fingerprint density at radius 2 is 1.94 bits per heavy atom. The van der Waals surface area contributed by atoms with Crippen LogP contribution in [0.15, 0.2) is 24.3 Å². The van der Waals surface area contributed by atoms with Gasteiger partial charge in [0, 0.05) is 24.2 Å². The number of anilines is 1. The molecule has 4 N–H and O–H groups in total. The molecule has 3 heterocycles. The average molecular weight is 493 g/mol. The average Bonchev–Trinajstić information content (AvgIpc) is 2.80. The molecule has 2 fully saturated rings. The maximum Gasteiger partial charge on any atom is 0.416 e. The maximum atomic E-state index is 12.9. The molecule has 1 aromatic carbocycles. The van der Waals surface area contributed by atoms with Gasteiger partial charge in [-0.3, -0.25) is 9.69 Å². The van der Waals surface area contributed by atoms with Crippen LogP contribution in [0.2, 0.25) is 0 Å². The van der Waals surface area contributed by atoms with Gasteiger partial charge in [0.05, 0.1) is 17.8 Å². The van der Waals surface area contributed by atoms with Crippen LogP contribution < -0.4 is 16.0 Å². The summed E-state index contributed by atoms with van der Waals surface area (Å²) in [6, 6.07) is 4.91. The summed E-state index contributed by atoms with van der Waals surface area (Å²) in [5.74, 6) is 0.0983. The lowest BCUT2D eigenvalue weighted by Crippen LogP contribution is -2.49. The first-order valence-corrected chi connectivity index (χ1v) is 11.9. The standard InChI is InChI=1S/C24H31F3N6O2/c1-15-11-21(31-32-23(15)19-5-4-16(12-20(19)34)24(25,26)27)29-18-3-2-10-33(13-18)14-22(35)30-17-6-8-28-9-7-17/h4-5,11-12,17-18,28,34H,2-3,6-10,13-14H2,1H3,(H,29,31)(H,30,35)/t18-/m1/s1. The first-order chi connectivity index (χ1) is 16.7. The van der Waals surface area contributed by atoms with E-state index in [1.807, 2.05) is 0 Å². The first kappa shape index (κ1) is 25.2. The minimum absolute atomic E-state index is 0.0499. The molecule has 190 valence electrons. The van der Waals surface area contributed by atoms with E-state index in [9.17, 15) is 23.1 Å². The van der Waals surface area contributed by atoms with Crippen LogP contribution in [0.1, 0.15) is 36.8 Å². The molecule has 2 aliphatic heterocycles. The number of benzene rings is 1. The number of carbonyl (C=O) groups is 1. The molecular weight excluding hydrogens is 461 g/mol. The van der Waals surface area contributed by atoms with E-state index in [-0.39, 0.29) is 23.6 Å². The quantitative estimate of drug-likeness (QED) is 0.492. The topological polar surface area (TPSA) is 102 Å². The van der Waals surface area contributed by atoms with Crippen LogP contribution in [0, 0.1) is 6.92 Å². The van der Waals surface area contributed by atoms with Crippen molar-refractivity contribution in [3.63, 3.8) is 0 Å². The van der Waals surface area contributed by atoms with Crippen molar-refractivity contribution in [1.82, 2.24) is 25.7 Å². The second kappa shape index (κ2) is 10.8. The predicted octanol–water partition coefficient (Wildman–Crippen LogP) is 2.92. The molecule has 0 bridgehead atoms. The number of aromatic hydroxyl groups is 1. The van der Waals surface area contributed by atoms with E-state index in [0.29, 0.717) is 36.2 Å². The highest BCUT2D eigenvalue weighted by molar-refractivity contribution is 5.78. The van der Waals surface area contributed by atoms with Crippen LogP contribution in [-0.2, 0) is 11.0 Å². The Morgan fingerprint density at radius 3 is 2.63 bits per heavy atom. The van der Waals surface area contributed by atoms with Crippen molar-refractivity contribution in [3.05, 3.63) is 35.4 Å². The summed E-state index contributed by atoms with van der Waals surface area (Å²) < 4.78 is 38.7. The molecule has 35 heavy (non-hydrogen) atoms. The summed E-state index contributed by atoms with van der Waals surface area (Å²) in [6.45, 7) is 5.54. The SMILES string of the molecule is Cc1cc(N[C@@H]2CCCN(CC(=O)NC3CCNCC3)C2)nnc1-c1ccc(C(F)(F)F)cc1O. The molecule has 0 saturated carbocycles. The molecule has 1 atom stereocenters. The molecule has 0 radical (unpaired) electrons. The second-order valence-corrected chi connectivity index (χ2v) is 9.30. The normalized spacial score (nSPS) is 19.9. The Bertz CT molecular complexity index is 1040. The lowest BCUT2D eigenvalue weighted by Gasteiger charge is -2.33. The van der Waals surface area contributed by atoms with Crippen molar-refractivity contribution in [2.45, 2.75) is 50.9 Å². The van der Waals surface area contributed by atoms with Crippen molar-refractivity contribution in [1.29, 1.82) is 0 Å². The van der Waals surface area contributed by atoms with Crippen molar-refractivity contribution in [2.75, 3.05) is 38.0 Å². The third-order valence-corrected chi connectivity index (χ3v) is 6.49. The molecule has 2 saturated heterocycles. The number of hydrogen-bond acceptors (Lipinski definition) is 7. The Morgan fingerprint density at radius 1 is 1.17 bits per heavy atom. The number of phenols is 1. The Balaban J connectivity index is 1.35. The second-order valence-electron chi connectivity index (χ2n) is 9.30. The van der Waals surface area contributed by atoms with Crippen molar-refractivity contribution in [2.24, 2.45) is 0 Å². The van der Waals surface area contributed by atoms with Crippen LogP contribution in [0.4, 0.5) is 19.0 Å². The zero-order chi connectivity index (χ0) is 25.0. The number of alkyl halides is 3. The van der Waals surface area contributed by atoms with Crippen LogP contribution in [-0.4, -0.2) is 70.9 Å². The zero-order valence-electron chi connectivity index (χ0n) is 19.7. The fourth-order valence-corrected chi connectivity index (χ4v) is 4.70. The summed E-state index contributed by atoms with van der Waals surface area (Å²) in [6.07, 6.45) is -0.758. The number of aromatic nitrogens is 2. The molecule has 1 aromatic heterocycles. The van der Waals surface area contributed by atoms with Gasteiger partial charge in [0.1, 0.15) is 11.6 Å². The summed E-state index contributed by atoms with van der Waals surface area (Å²) in [4.78, 5) is 14.6. The number of amides is 1. The molecule has 4 rings (SSSR count). The number of nitrogens with zero attached hydrogens (tertiary/aromatic N) is 3. The number of aryl methyl sites for hydroxylation is 1. The monoisotopic (exact) mass is 492 g/mol. The highest BCUT2D eigenvalue weighted by atomic mass is 19.4. The van der Waals surface area contributed by atoms with Gasteiger partial charge in [-0.25, -0.2) is 0 Å². The van der Waals surface area contributed by atoms with Gasteiger partial charge in [-0.05, 0) is 82.1 Å². The number of carbonyl (C=O) groups excluding carboxylic acids is 1. The van der Waals surface area contributed by atoms with Crippen LogP contribution in [0.25, 0.3) is 11.3 Å². The maximum absolute atomic E-state index is 12.9. The van der Waals surface area contributed by atoms with Crippen molar-refractivity contribution in [3.8, 4) is 17.0 Å². The summed E-state index contributed by atoms with van der Waals surface area (Å²) in [5, 5.41) is 28.3. The lowest BCUT2D eigenvalue weighted by molar-refractivity contribution is -0.137. The van der Waals surface area contributed by atoms with E-state index in [1.165, 1.54) is 6.07 Å². The Kier molecular flexibility index (Phi) is 7.75. The largest absolute Gasteiger partial charge is 0.507 e. The molecule has 2 aliphatic rings. The van der Waals surface area contributed by atoms with E-state index in [2.05, 4.69) is 31.0 Å². The van der Waals surface area contributed by atoms with Gasteiger partial charge in [-0.1, -0.05) is 0 Å². The molecule has 1 amide bonds.